The summed E-state index contributed by atoms with van der Waals surface area (Å²) in [6.07, 6.45) is 4.36. The quantitative estimate of drug-likeness (QED) is 0.755. The van der Waals surface area contributed by atoms with Gasteiger partial charge in [-0.05, 0) is 50.1 Å². The van der Waals surface area contributed by atoms with Crippen LogP contribution in [0.3, 0.4) is 0 Å². The van der Waals surface area contributed by atoms with Crippen molar-refractivity contribution >= 4 is 5.69 Å². The van der Waals surface area contributed by atoms with E-state index in [9.17, 15) is 4.39 Å². The monoisotopic (exact) mass is 262 g/mol. The Morgan fingerprint density at radius 3 is 2.84 bits per heavy atom. The first kappa shape index (κ1) is 14.1. The van der Waals surface area contributed by atoms with E-state index in [0.717, 1.165) is 24.3 Å². The summed E-state index contributed by atoms with van der Waals surface area (Å²) in [6.45, 7) is 9.68. The van der Waals surface area contributed by atoms with E-state index in [2.05, 4.69) is 30.6 Å². The molecule has 1 fully saturated rings. The van der Waals surface area contributed by atoms with Crippen LogP contribution in [0.25, 0.3) is 0 Å². The standard InChI is InChI=1S/C16H23FN2/c1-4-10-19(14-7-8-14)16-9-6-13(17)11-15(16)12(3)18-5-2/h4,6,9,11-12,14,18H,1,5,7-8,10H2,2-3H3. The first-order chi connectivity index (χ1) is 9.17. The van der Waals surface area contributed by atoms with Crippen molar-refractivity contribution in [3.05, 3.63) is 42.2 Å². The minimum Gasteiger partial charge on any atom is -0.365 e. The number of hydrogen-bond donors (Lipinski definition) is 1. The van der Waals surface area contributed by atoms with Gasteiger partial charge in [-0.2, -0.15) is 0 Å². The first-order valence-electron chi connectivity index (χ1n) is 7.07. The second-order valence-corrected chi connectivity index (χ2v) is 5.15. The fourth-order valence-electron chi connectivity index (χ4n) is 2.52. The van der Waals surface area contributed by atoms with Crippen molar-refractivity contribution in [2.24, 2.45) is 0 Å². The Morgan fingerprint density at radius 2 is 2.26 bits per heavy atom. The van der Waals surface area contributed by atoms with Crippen molar-refractivity contribution < 1.29 is 4.39 Å². The maximum Gasteiger partial charge on any atom is 0.123 e. The Morgan fingerprint density at radius 1 is 1.53 bits per heavy atom. The van der Waals surface area contributed by atoms with Crippen LogP contribution in [0.4, 0.5) is 10.1 Å². The van der Waals surface area contributed by atoms with E-state index >= 15 is 0 Å². The van der Waals surface area contributed by atoms with Crippen LogP contribution in [0.15, 0.2) is 30.9 Å². The number of benzene rings is 1. The van der Waals surface area contributed by atoms with Gasteiger partial charge in [0.25, 0.3) is 0 Å². The van der Waals surface area contributed by atoms with Gasteiger partial charge < -0.3 is 10.2 Å². The molecule has 1 aromatic rings. The molecule has 3 heteroatoms. The Kier molecular flexibility index (Phi) is 4.59. The fraction of sp³-hybridized carbons (Fsp3) is 0.500. The molecule has 0 heterocycles. The SMILES string of the molecule is C=CCN(c1ccc(F)cc1C(C)NCC)C1CC1. The first-order valence-corrected chi connectivity index (χ1v) is 7.07. The van der Waals surface area contributed by atoms with Gasteiger partial charge in [0.2, 0.25) is 0 Å². The number of rotatable bonds is 7. The molecule has 1 saturated carbocycles. The average molecular weight is 262 g/mol. The molecule has 2 rings (SSSR count). The second kappa shape index (κ2) is 6.20. The van der Waals surface area contributed by atoms with E-state index in [4.69, 9.17) is 0 Å². The molecule has 0 spiro atoms. The van der Waals surface area contributed by atoms with Crippen LogP contribution >= 0.6 is 0 Å². The van der Waals surface area contributed by atoms with Crippen LogP contribution in [-0.2, 0) is 0 Å². The molecule has 104 valence electrons. The van der Waals surface area contributed by atoms with Crippen molar-refractivity contribution in [1.82, 2.24) is 5.32 Å². The lowest BCUT2D eigenvalue weighted by Gasteiger charge is -2.28. The number of anilines is 1. The number of hydrogen-bond acceptors (Lipinski definition) is 2. The topological polar surface area (TPSA) is 15.3 Å². The summed E-state index contributed by atoms with van der Waals surface area (Å²) in [5.41, 5.74) is 2.17. The summed E-state index contributed by atoms with van der Waals surface area (Å²) in [7, 11) is 0. The van der Waals surface area contributed by atoms with E-state index in [1.807, 2.05) is 12.1 Å². The molecule has 0 aromatic heterocycles. The van der Waals surface area contributed by atoms with Gasteiger partial charge in [0.15, 0.2) is 0 Å². The van der Waals surface area contributed by atoms with Crippen LogP contribution < -0.4 is 10.2 Å². The Hall–Kier alpha value is -1.35. The van der Waals surface area contributed by atoms with E-state index in [0.29, 0.717) is 6.04 Å². The Labute approximate surface area is 115 Å². The Bertz CT molecular complexity index is 440. The lowest BCUT2D eigenvalue weighted by Crippen LogP contribution is -2.29. The molecule has 0 radical (unpaired) electrons. The molecule has 0 saturated heterocycles. The summed E-state index contributed by atoms with van der Waals surface area (Å²) < 4.78 is 13.5. The predicted octanol–water partition coefficient (Wildman–Crippen LogP) is 3.65. The summed E-state index contributed by atoms with van der Waals surface area (Å²) in [4.78, 5) is 2.34. The maximum atomic E-state index is 13.5. The van der Waals surface area contributed by atoms with Crippen LogP contribution in [0, 0.1) is 5.82 Å². The number of nitrogens with zero attached hydrogens (tertiary/aromatic N) is 1. The molecule has 1 unspecified atom stereocenters. The van der Waals surface area contributed by atoms with Crippen molar-refractivity contribution in [3.8, 4) is 0 Å². The number of halogens is 1. The molecular weight excluding hydrogens is 239 g/mol. The third kappa shape index (κ3) is 3.35. The van der Waals surface area contributed by atoms with Gasteiger partial charge in [-0.3, -0.25) is 0 Å². The predicted molar refractivity (Wildman–Crippen MR) is 79.1 cm³/mol. The van der Waals surface area contributed by atoms with Gasteiger partial charge in [-0.1, -0.05) is 13.0 Å². The highest BCUT2D eigenvalue weighted by Gasteiger charge is 2.30. The minimum absolute atomic E-state index is 0.154. The fourth-order valence-corrected chi connectivity index (χ4v) is 2.52. The lowest BCUT2D eigenvalue weighted by molar-refractivity contribution is 0.581. The maximum absolute atomic E-state index is 13.5. The van der Waals surface area contributed by atoms with E-state index < -0.39 is 0 Å². The molecule has 19 heavy (non-hydrogen) atoms. The van der Waals surface area contributed by atoms with Crippen LogP contribution in [0.1, 0.15) is 38.3 Å². The van der Waals surface area contributed by atoms with E-state index in [-0.39, 0.29) is 11.9 Å². The lowest BCUT2D eigenvalue weighted by atomic mass is 10.0. The van der Waals surface area contributed by atoms with Crippen LogP contribution in [-0.4, -0.2) is 19.1 Å². The van der Waals surface area contributed by atoms with Gasteiger partial charge >= 0.3 is 0 Å². The zero-order chi connectivity index (χ0) is 13.8. The molecule has 1 aliphatic carbocycles. The van der Waals surface area contributed by atoms with Gasteiger partial charge in [0.05, 0.1) is 0 Å². The smallest absolute Gasteiger partial charge is 0.123 e. The van der Waals surface area contributed by atoms with E-state index in [1.165, 1.54) is 12.8 Å². The zero-order valence-electron chi connectivity index (χ0n) is 11.8. The van der Waals surface area contributed by atoms with Crippen LogP contribution in [0.5, 0.6) is 0 Å². The largest absolute Gasteiger partial charge is 0.365 e. The highest BCUT2D eigenvalue weighted by molar-refractivity contribution is 5.57. The van der Waals surface area contributed by atoms with Crippen molar-refractivity contribution in [2.75, 3.05) is 18.0 Å². The number of nitrogens with one attached hydrogen (secondary N) is 1. The molecule has 1 atom stereocenters. The summed E-state index contributed by atoms with van der Waals surface area (Å²) in [5.74, 6) is -0.169. The zero-order valence-corrected chi connectivity index (χ0v) is 11.8. The molecule has 1 aliphatic rings. The van der Waals surface area contributed by atoms with Gasteiger partial charge in [-0.25, -0.2) is 4.39 Å². The third-order valence-electron chi connectivity index (χ3n) is 3.59. The summed E-state index contributed by atoms with van der Waals surface area (Å²) >= 11 is 0. The van der Waals surface area contributed by atoms with Crippen molar-refractivity contribution in [1.29, 1.82) is 0 Å². The van der Waals surface area contributed by atoms with Gasteiger partial charge in [0.1, 0.15) is 5.82 Å². The average Bonchev–Trinajstić information content (AvgIpc) is 3.21. The third-order valence-corrected chi connectivity index (χ3v) is 3.59. The van der Waals surface area contributed by atoms with Gasteiger partial charge in [-0.15, -0.1) is 6.58 Å². The Balaban J connectivity index is 2.33. The molecular formula is C16H23FN2. The molecule has 2 nitrogen and oxygen atoms in total. The molecule has 0 amide bonds. The van der Waals surface area contributed by atoms with Crippen molar-refractivity contribution in [3.63, 3.8) is 0 Å². The molecule has 1 aromatic carbocycles. The van der Waals surface area contributed by atoms with Crippen LogP contribution in [0.2, 0.25) is 0 Å². The van der Waals surface area contributed by atoms with Crippen molar-refractivity contribution in [2.45, 2.75) is 38.8 Å². The molecule has 1 N–H and O–H groups in total. The normalized spacial score (nSPS) is 16.2. The highest BCUT2D eigenvalue weighted by Crippen LogP contribution is 2.35. The molecule has 0 bridgehead atoms. The highest BCUT2D eigenvalue weighted by atomic mass is 19.1. The molecule has 0 aliphatic heterocycles. The van der Waals surface area contributed by atoms with Gasteiger partial charge in [0, 0.05) is 24.3 Å². The second-order valence-electron chi connectivity index (χ2n) is 5.15. The summed E-state index contributed by atoms with van der Waals surface area (Å²) in [5, 5.41) is 3.37. The summed E-state index contributed by atoms with van der Waals surface area (Å²) in [6, 6.07) is 5.86. The minimum atomic E-state index is -0.169. The van der Waals surface area contributed by atoms with E-state index in [1.54, 1.807) is 12.1 Å².